The minimum atomic E-state index is -1.51. The van der Waals surface area contributed by atoms with Crippen molar-refractivity contribution >= 4 is 5.97 Å². The second kappa shape index (κ2) is 5.81. The fraction of sp³-hybridized carbons (Fsp3) is 0.500. The predicted molar refractivity (Wildman–Crippen MR) is 62.6 cm³/mol. The van der Waals surface area contributed by atoms with Gasteiger partial charge in [0.1, 0.15) is 23.9 Å². The molecule has 0 aliphatic carbocycles. The summed E-state index contributed by atoms with van der Waals surface area (Å²) in [7, 11) is 0. The van der Waals surface area contributed by atoms with E-state index < -0.39 is 43.2 Å². The van der Waals surface area contributed by atoms with Crippen LogP contribution in [-0.4, -0.2) is 62.5 Å². The molecule has 1 aliphatic rings. The highest BCUT2D eigenvalue weighted by Crippen LogP contribution is 2.24. The monoisotopic (exact) mass is 286 g/mol. The van der Waals surface area contributed by atoms with Crippen LogP contribution in [0.25, 0.3) is 0 Å². The molecule has 0 bridgehead atoms. The summed E-state index contributed by atoms with van der Waals surface area (Å²) in [4.78, 5) is 10.9. The van der Waals surface area contributed by atoms with Crippen LogP contribution in [0.3, 0.4) is 0 Å². The molecule has 1 aromatic rings. The van der Waals surface area contributed by atoms with E-state index in [1.807, 2.05) is 0 Å². The summed E-state index contributed by atoms with van der Waals surface area (Å²) in [6, 6.07) is 2.81. The van der Waals surface area contributed by atoms with Gasteiger partial charge in [-0.3, -0.25) is 0 Å². The van der Waals surface area contributed by atoms with Crippen molar-refractivity contribution in [3.8, 4) is 0 Å². The molecule has 0 saturated carbocycles. The summed E-state index contributed by atoms with van der Waals surface area (Å²) in [5.41, 5.74) is -0.0236. The van der Waals surface area contributed by atoms with Crippen LogP contribution in [0.4, 0.5) is 0 Å². The van der Waals surface area contributed by atoms with Crippen LogP contribution in [0, 0.1) is 0 Å². The Labute approximate surface area is 114 Å². The largest absolute Gasteiger partial charge is 0.477 e. The van der Waals surface area contributed by atoms with Crippen LogP contribution in [0.5, 0.6) is 0 Å². The van der Waals surface area contributed by atoms with E-state index in [0.29, 0.717) is 0 Å². The molecule has 1 aliphatic heterocycles. The summed E-state index contributed by atoms with van der Waals surface area (Å²) in [6.07, 6.45) is -3.87. The highest BCUT2D eigenvalue weighted by atomic mass is 16.6. The molecule has 5 N–H and O–H groups in total. The lowest BCUT2D eigenvalue weighted by atomic mass is 9.98. The minimum absolute atomic E-state index is 0.0236. The van der Waals surface area contributed by atoms with Gasteiger partial charge in [-0.2, -0.15) is 4.57 Å². The zero-order valence-corrected chi connectivity index (χ0v) is 10.4. The van der Waals surface area contributed by atoms with Crippen LogP contribution in [0.1, 0.15) is 16.6 Å². The third-order valence-electron chi connectivity index (χ3n) is 3.23. The number of ether oxygens (including phenoxy) is 1. The van der Waals surface area contributed by atoms with Gasteiger partial charge in [0, 0.05) is 6.07 Å². The Bertz CT molecular complexity index is 492. The van der Waals surface area contributed by atoms with Crippen molar-refractivity contribution in [2.45, 2.75) is 30.6 Å². The summed E-state index contributed by atoms with van der Waals surface area (Å²) >= 11 is 0. The van der Waals surface area contributed by atoms with Gasteiger partial charge in [-0.1, -0.05) is 0 Å². The molecule has 1 fully saturated rings. The lowest BCUT2D eigenvalue weighted by Gasteiger charge is -2.36. The SMILES string of the molecule is O=C(O)c1ccc[n+](C2O[C@H](CO)[C@@H](O)[C@H](O)[C@H]2O)c1. The third kappa shape index (κ3) is 2.65. The topological polar surface area (TPSA) is 131 Å². The van der Waals surface area contributed by atoms with Crippen LogP contribution in [0.15, 0.2) is 24.5 Å². The molecule has 0 radical (unpaired) electrons. The number of aromatic nitrogens is 1. The van der Waals surface area contributed by atoms with Crippen molar-refractivity contribution in [1.82, 2.24) is 0 Å². The number of carboxylic acid groups (broad SMARTS) is 1. The first-order valence-electron chi connectivity index (χ1n) is 6.00. The highest BCUT2D eigenvalue weighted by molar-refractivity contribution is 5.86. The zero-order valence-electron chi connectivity index (χ0n) is 10.4. The third-order valence-corrected chi connectivity index (χ3v) is 3.23. The lowest BCUT2D eigenvalue weighted by Crippen LogP contribution is -2.62. The summed E-state index contributed by atoms with van der Waals surface area (Å²) in [5, 5.41) is 47.3. The second-order valence-electron chi connectivity index (χ2n) is 4.56. The van der Waals surface area contributed by atoms with E-state index in [4.69, 9.17) is 14.9 Å². The van der Waals surface area contributed by atoms with E-state index in [1.54, 1.807) is 0 Å². The Morgan fingerprint density at radius 3 is 2.55 bits per heavy atom. The molecule has 1 unspecified atom stereocenters. The average Bonchev–Trinajstić information content (AvgIpc) is 2.45. The molecule has 110 valence electrons. The van der Waals surface area contributed by atoms with Crippen molar-refractivity contribution in [1.29, 1.82) is 0 Å². The van der Waals surface area contributed by atoms with Crippen molar-refractivity contribution < 1.29 is 39.6 Å². The lowest BCUT2D eigenvalue weighted by molar-refractivity contribution is -0.778. The summed E-state index contributed by atoms with van der Waals surface area (Å²) in [6.45, 7) is -0.541. The molecule has 2 heterocycles. The number of rotatable bonds is 3. The number of aliphatic hydroxyl groups is 4. The van der Waals surface area contributed by atoms with Gasteiger partial charge >= 0.3 is 5.97 Å². The fourth-order valence-electron chi connectivity index (χ4n) is 2.11. The minimum Gasteiger partial charge on any atom is -0.477 e. The Morgan fingerprint density at radius 1 is 1.25 bits per heavy atom. The van der Waals surface area contributed by atoms with Gasteiger partial charge < -0.3 is 30.3 Å². The van der Waals surface area contributed by atoms with Crippen LogP contribution >= 0.6 is 0 Å². The van der Waals surface area contributed by atoms with Crippen molar-refractivity contribution in [2.75, 3.05) is 6.61 Å². The summed E-state index contributed by atoms with van der Waals surface area (Å²) < 4.78 is 6.58. The van der Waals surface area contributed by atoms with E-state index in [9.17, 15) is 20.1 Å². The first kappa shape index (κ1) is 14.8. The van der Waals surface area contributed by atoms with Gasteiger partial charge in [-0.05, 0) is 6.07 Å². The van der Waals surface area contributed by atoms with Gasteiger partial charge in [-0.15, -0.1) is 0 Å². The van der Waals surface area contributed by atoms with E-state index in [1.165, 1.54) is 29.1 Å². The van der Waals surface area contributed by atoms with Crippen LogP contribution in [-0.2, 0) is 4.74 Å². The number of hydrogen-bond donors (Lipinski definition) is 5. The summed E-state index contributed by atoms with van der Waals surface area (Å²) in [5.74, 6) is -1.15. The van der Waals surface area contributed by atoms with E-state index >= 15 is 0 Å². The molecule has 0 amide bonds. The standard InChI is InChI=1S/C12H15NO7/c14-5-7-8(15)9(16)10(17)11(20-7)13-3-1-2-6(4-13)12(18)19/h1-4,7-11,14-17H,5H2/p+1/t7-,8-,9+,10-,11?/m1/s1. The molecule has 8 nitrogen and oxygen atoms in total. The number of nitrogens with zero attached hydrogens (tertiary/aromatic N) is 1. The van der Waals surface area contributed by atoms with Gasteiger partial charge in [0.25, 0.3) is 6.23 Å². The molecule has 2 rings (SSSR count). The Hall–Kier alpha value is -1.58. The Kier molecular flexibility index (Phi) is 4.31. The van der Waals surface area contributed by atoms with Gasteiger partial charge in [0.05, 0.1) is 6.61 Å². The number of pyridine rings is 1. The highest BCUT2D eigenvalue weighted by Gasteiger charge is 2.48. The number of aromatic carboxylic acids is 1. The molecule has 8 heteroatoms. The maximum absolute atomic E-state index is 10.9. The van der Waals surface area contributed by atoms with E-state index in [0.717, 1.165) is 0 Å². The van der Waals surface area contributed by atoms with Crippen molar-refractivity contribution in [2.24, 2.45) is 0 Å². The van der Waals surface area contributed by atoms with Gasteiger partial charge in [-0.25, -0.2) is 4.79 Å². The zero-order chi connectivity index (χ0) is 14.9. The maximum atomic E-state index is 10.9. The first-order valence-corrected chi connectivity index (χ1v) is 6.00. The predicted octanol–water partition coefficient (Wildman–Crippen LogP) is -2.36. The first-order chi connectivity index (χ1) is 9.45. The molecule has 5 atom stereocenters. The van der Waals surface area contributed by atoms with E-state index in [-0.39, 0.29) is 5.56 Å². The molecule has 1 saturated heterocycles. The number of carbonyl (C=O) groups is 1. The van der Waals surface area contributed by atoms with E-state index in [2.05, 4.69) is 0 Å². The second-order valence-corrected chi connectivity index (χ2v) is 4.56. The quantitative estimate of drug-likeness (QED) is 0.393. The molecule has 20 heavy (non-hydrogen) atoms. The number of aliphatic hydroxyl groups excluding tert-OH is 4. The van der Waals surface area contributed by atoms with Crippen LogP contribution < -0.4 is 4.57 Å². The Morgan fingerprint density at radius 2 is 1.95 bits per heavy atom. The van der Waals surface area contributed by atoms with Crippen molar-refractivity contribution in [3.63, 3.8) is 0 Å². The van der Waals surface area contributed by atoms with Gasteiger partial charge in [0.2, 0.25) is 0 Å². The number of hydrogen-bond acceptors (Lipinski definition) is 6. The fourth-order valence-corrected chi connectivity index (χ4v) is 2.11. The molecule has 0 aromatic carbocycles. The van der Waals surface area contributed by atoms with Crippen LogP contribution in [0.2, 0.25) is 0 Å². The average molecular weight is 286 g/mol. The smallest absolute Gasteiger partial charge is 0.341 e. The normalized spacial score (nSPS) is 33.9. The van der Waals surface area contributed by atoms with Gasteiger partial charge in [0.15, 0.2) is 18.5 Å². The number of carboxylic acids is 1. The molecule has 1 aromatic heterocycles. The Balaban J connectivity index is 2.31. The molecule has 0 spiro atoms. The molecular formula is C12H16NO7+. The van der Waals surface area contributed by atoms with Crippen molar-refractivity contribution in [3.05, 3.63) is 30.1 Å². The molecular weight excluding hydrogens is 270 g/mol. The maximum Gasteiger partial charge on any atom is 0.341 e.